The number of hydrogen-bond acceptors (Lipinski definition) is 5. The number of nitrogen functional groups attached to an aromatic ring is 1. The Hall–Kier alpha value is -3.42. The minimum atomic E-state index is -0.958. The van der Waals surface area contributed by atoms with Crippen molar-refractivity contribution in [1.29, 1.82) is 0 Å². The van der Waals surface area contributed by atoms with Crippen molar-refractivity contribution in [2.24, 2.45) is 0 Å². The fraction of sp³-hybridized carbons (Fsp3) is 0. The maximum absolute atomic E-state index is 10.5. The van der Waals surface area contributed by atoms with Gasteiger partial charge in [0.1, 0.15) is 17.4 Å². The highest BCUT2D eigenvalue weighted by Crippen LogP contribution is 2.10. The summed E-state index contributed by atoms with van der Waals surface area (Å²) in [6.07, 6.45) is 1.60. The van der Waals surface area contributed by atoms with E-state index in [1.165, 1.54) is 16.8 Å². The molecule has 0 fully saturated rings. The van der Waals surface area contributed by atoms with E-state index < -0.39 is 5.97 Å². The van der Waals surface area contributed by atoms with Crippen molar-refractivity contribution < 1.29 is 9.90 Å². The summed E-state index contributed by atoms with van der Waals surface area (Å²) in [5, 5.41) is 18.6. The molecule has 22 heavy (non-hydrogen) atoms. The van der Waals surface area contributed by atoms with Crippen LogP contribution in [0.2, 0.25) is 0 Å². The molecule has 0 radical (unpaired) electrons. The van der Waals surface area contributed by atoms with Gasteiger partial charge in [0.2, 0.25) is 0 Å². The number of nitrogens with zero attached hydrogens (tertiary/aromatic N) is 4. The van der Waals surface area contributed by atoms with Gasteiger partial charge in [0, 0.05) is 0 Å². The number of benzene rings is 2. The third-order valence-corrected chi connectivity index (χ3v) is 3.04. The Bertz CT molecular complexity index is 942. The molecule has 8 heteroatoms. The first kappa shape index (κ1) is 13.6. The minimum absolute atomic E-state index is 0.219. The van der Waals surface area contributed by atoms with Crippen LogP contribution in [0.1, 0.15) is 10.4 Å². The molecule has 0 bridgehead atoms. The molecule has 0 aliphatic carbocycles. The molecule has 0 saturated carbocycles. The maximum Gasteiger partial charge on any atom is 0.335 e. The van der Waals surface area contributed by atoms with Gasteiger partial charge in [-0.2, -0.15) is 15.4 Å². The van der Waals surface area contributed by atoms with Gasteiger partial charge in [-0.05, 0) is 30.3 Å². The zero-order valence-corrected chi connectivity index (χ0v) is 11.3. The Balaban J connectivity index is 0.000000133. The van der Waals surface area contributed by atoms with E-state index in [0.717, 1.165) is 11.0 Å². The number of aromatic nitrogens is 5. The number of nitrogens with one attached hydrogen (secondary N) is 1. The lowest BCUT2D eigenvalue weighted by atomic mass is 10.2. The highest BCUT2D eigenvalue weighted by Gasteiger charge is 2.04. The molecule has 4 N–H and O–H groups in total. The van der Waals surface area contributed by atoms with E-state index in [1.54, 1.807) is 12.4 Å². The van der Waals surface area contributed by atoms with Gasteiger partial charge >= 0.3 is 5.97 Å². The number of fused-ring (bicyclic) bond motifs is 2. The zero-order valence-electron chi connectivity index (χ0n) is 11.3. The summed E-state index contributed by atoms with van der Waals surface area (Å²) in [5.74, 6) is 4.57. The van der Waals surface area contributed by atoms with Crippen LogP contribution >= 0.6 is 0 Å². The van der Waals surface area contributed by atoms with Gasteiger partial charge in [0.05, 0.1) is 16.6 Å². The van der Waals surface area contributed by atoms with E-state index in [-0.39, 0.29) is 5.56 Å². The molecule has 0 unspecified atom stereocenters. The summed E-state index contributed by atoms with van der Waals surface area (Å²) in [4.78, 5) is 14.6. The molecule has 2 aromatic heterocycles. The van der Waals surface area contributed by atoms with Crippen molar-refractivity contribution >= 4 is 28.0 Å². The van der Waals surface area contributed by atoms with Crippen molar-refractivity contribution in [2.45, 2.75) is 0 Å². The summed E-state index contributed by atoms with van der Waals surface area (Å²) in [7, 11) is 0. The second kappa shape index (κ2) is 5.52. The van der Waals surface area contributed by atoms with E-state index in [2.05, 4.69) is 20.4 Å². The molecule has 0 aliphatic rings. The van der Waals surface area contributed by atoms with Crippen LogP contribution in [0.3, 0.4) is 0 Å². The fourth-order valence-electron chi connectivity index (χ4n) is 1.95. The van der Waals surface area contributed by atoms with Crippen molar-refractivity contribution in [3.05, 3.63) is 54.4 Å². The van der Waals surface area contributed by atoms with Crippen molar-refractivity contribution in [3.8, 4) is 0 Å². The summed E-state index contributed by atoms with van der Waals surface area (Å²) < 4.78 is 1.51. The third-order valence-electron chi connectivity index (χ3n) is 3.04. The lowest BCUT2D eigenvalue weighted by Crippen LogP contribution is -2.04. The van der Waals surface area contributed by atoms with Crippen LogP contribution in [0.15, 0.2) is 48.8 Å². The first-order valence-electron chi connectivity index (χ1n) is 6.36. The predicted octanol–water partition coefficient (Wildman–Crippen LogP) is 1.41. The number of H-pyrrole nitrogens is 1. The van der Waals surface area contributed by atoms with Gasteiger partial charge in [-0.15, -0.1) is 0 Å². The maximum atomic E-state index is 10.5. The van der Waals surface area contributed by atoms with Gasteiger partial charge in [0.15, 0.2) is 0 Å². The summed E-state index contributed by atoms with van der Waals surface area (Å²) >= 11 is 0. The SMILES string of the molecule is Nn1cnc2ccccc21.O=C(O)c1ccc2n[nH]nc2c1. The van der Waals surface area contributed by atoms with Gasteiger partial charge < -0.3 is 10.9 Å². The monoisotopic (exact) mass is 296 g/mol. The molecule has 4 rings (SSSR count). The van der Waals surface area contributed by atoms with Crippen molar-refractivity contribution in [1.82, 2.24) is 25.1 Å². The summed E-state index contributed by atoms with van der Waals surface area (Å²) in [6, 6.07) is 12.3. The molecule has 0 amide bonds. The van der Waals surface area contributed by atoms with Crippen LogP contribution in [0.4, 0.5) is 0 Å². The van der Waals surface area contributed by atoms with E-state index in [9.17, 15) is 4.79 Å². The molecular formula is C14H12N6O2. The first-order valence-corrected chi connectivity index (χ1v) is 6.36. The fourth-order valence-corrected chi connectivity index (χ4v) is 1.95. The molecule has 8 nitrogen and oxygen atoms in total. The highest BCUT2D eigenvalue weighted by atomic mass is 16.4. The molecule has 0 aliphatic heterocycles. The summed E-state index contributed by atoms with van der Waals surface area (Å²) in [6.45, 7) is 0. The molecule has 4 aromatic rings. The van der Waals surface area contributed by atoms with Gasteiger partial charge in [-0.1, -0.05) is 12.1 Å². The molecule has 0 saturated heterocycles. The number of carbonyl (C=O) groups is 1. The number of carboxylic acid groups (broad SMARTS) is 1. The Kier molecular flexibility index (Phi) is 3.40. The second-order valence-corrected chi connectivity index (χ2v) is 4.47. The number of aromatic amines is 1. The number of para-hydroxylation sites is 2. The zero-order chi connectivity index (χ0) is 15.5. The van der Waals surface area contributed by atoms with E-state index in [0.29, 0.717) is 11.0 Å². The number of nitrogens with two attached hydrogens (primary N) is 1. The molecule has 110 valence electrons. The predicted molar refractivity (Wildman–Crippen MR) is 80.7 cm³/mol. The standard InChI is InChI=1S/C7H5N3O2.C7H7N3/c11-7(12)4-1-2-5-6(3-4)9-10-8-5;8-10-5-9-6-3-1-2-4-7(6)10/h1-3H,(H,11,12)(H,8,9,10);1-5H,8H2. The molecule has 0 atom stereocenters. The Labute approximate surface area is 124 Å². The van der Waals surface area contributed by atoms with Crippen LogP contribution in [0.25, 0.3) is 22.1 Å². The normalized spacial score (nSPS) is 10.4. The lowest BCUT2D eigenvalue weighted by Gasteiger charge is -1.90. The number of aromatic carboxylic acids is 1. The number of rotatable bonds is 1. The average molecular weight is 296 g/mol. The smallest absolute Gasteiger partial charge is 0.335 e. The molecule has 2 heterocycles. The Morgan fingerprint density at radius 2 is 1.86 bits per heavy atom. The van der Waals surface area contributed by atoms with E-state index in [1.807, 2.05) is 24.3 Å². The largest absolute Gasteiger partial charge is 0.478 e. The summed E-state index contributed by atoms with van der Waals surface area (Å²) in [5.41, 5.74) is 3.35. The second-order valence-electron chi connectivity index (χ2n) is 4.47. The van der Waals surface area contributed by atoms with Gasteiger partial charge in [-0.25, -0.2) is 14.5 Å². The molecule has 0 spiro atoms. The Morgan fingerprint density at radius 3 is 2.64 bits per heavy atom. The van der Waals surface area contributed by atoms with E-state index >= 15 is 0 Å². The van der Waals surface area contributed by atoms with Gasteiger partial charge in [0.25, 0.3) is 0 Å². The van der Waals surface area contributed by atoms with Crippen LogP contribution in [0, 0.1) is 0 Å². The molecular weight excluding hydrogens is 284 g/mol. The number of carboxylic acids is 1. The van der Waals surface area contributed by atoms with Crippen molar-refractivity contribution in [3.63, 3.8) is 0 Å². The van der Waals surface area contributed by atoms with Crippen LogP contribution in [-0.4, -0.2) is 36.1 Å². The van der Waals surface area contributed by atoms with E-state index in [4.69, 9.17) is 10.9 Å². The number of imidazole rings is 1. The van der Waals surface area contributed by atoms with Crippen LogP contribution in [0.5, 0.6) is 0 Å². The van der Waals surface area contributed by atoms with Crippen molar-refractivity contribution in [2.75, 3.05) is 5.84 Å². The quantitative estimate of drug-likeness (QED) is 0.456. The van der Waals surface area contributed by atoms with Gasteiger partial charge in [-0.3, -0.25) is 0 Å². The third kappa shape index (κ3) is 2.57. The highest BCUT2D eigenvalue weighted by molar-refractivity contribution is 5.91. The molecule has 2 aromatic carbocycles. The lowest BCUT2D eigenvalue weighted by molar-refractivity contribution is 0.0697. The minimum Gasteiger partial charge on any atom is -0.478 e. The van der Waals surface area contributed by atoms with Crippen LogP contribution in [-0.2, 0) is 0 Å². The first-order chi connectivity index (χ1) is 10.6. The number of hydrogen-bond donors (Lipinski definition) is 3. The Morgan fingerprint density at radius 1 is 1.09 bits per heavy atom. The topological polar surface area (TPSA) is 123 Å². The van der Waals surface area contributed by atoms with Crippen LogP contribution < -0.4 is 5.84 Å². The average Bonchev–Trinajstić information content (AvgIpc) is 3.14.